The Morgan fingerprint density at radius 3 is 1.71 bits per heavy atom. The van der Waals surface area contributed by atoms with Crippen molar-refractivity contribution in [1.29, 1.82) is 0 Å². The second-order valence-electron chi connectivity index (χ2n) is 14.4. The van der Waals surface area contributed by atoms with Crippen LogP contribution in [0.5, 0.6) is 11.5 Å². The lowest BCUT2D eigenvalue weighted by molar-refractivity contribution is -0.165. The zero-order chi connectivity index (χ0) is 32.8. The minimum Gasteiger partial charge on any atom is -0.497 e. The van der Waals surface area contributed by atoms with Crippen molar-refractivity contribution in [1.82, 2.24) is 10.2 Å². The Morgan fingerprint density at radius 1 is 0.857 bits per heavy atom. The SMILES string of the molecule is COc1cc(C(C)(C)C)c(OC(=O)C(CCN(C(C)=O)[C@@H](CC(C)C)C(=O)OC(C)(C)C)NC(C)=O)c(C(C)(C)C)c1. The maximum absolute atomic E-state index is 13.7. The van der Waals surface area contributed by atoms with Crippen LogP contribution in [0.15, 0.2) is 12.1 Å². The number of carbonyl (C=O) groups excluding carboxylic acids is 4. The summed E-state index contributed by atoms with van der Waals surface area (Å²) in [5.41, 5.74) is 0.0566. The Kier molecular flexibility index (Phi) is 12.6. The van der Waals surface area contributed by atoms with E-state index < -0.39 is 46.4 Å². The molecular formula is C33H54N2O7. The van der Waals surface area contributed by atoms with Gasteiger partial charge in [-0.3, -0.25) is 9.59 Å². The average molecular weight is 591 g/mol. The van der Waals surface area contributed by atoms with Gasteiger partial charge in [0, 0.05) is 31.5 Å². The Labute approximate surface area is 253 Å². The van der Waals surface area contributed by atoms with Gasteiger partial charge in [-0.25, -0.2) is 9.59 Å². The van der Waals surface area contributed by atoms with Gasteiger partial charge in [0.2, 0.25) is 11.8 Å². The fraction of sp³-hybridized carbons (Fsp3) is 0.697. The predicted octanol–water partition coefficient (Wildman–Crippen LogP) is 5.70. The molecule has 0 bridgehead atoms. The molecule has 238 valence electrons. The summed E-state index contributed by atoms with van der Waals surface area (Å²) in [7, 11) is 1.59. The van der Waals surface area contributed by atoms with Crippen molar-refractivity contribution in [2.24, 2.45) is 5.92 Å². The second kappa shape index (κ2) is 14.4. The van der Waals surface area contributed by atoms with Crippen molar-refractivity contribution in [3.8, 4) is 11.5 Å². The number of esters is 2. The van der Waals surface area contributed by atoms with Crippen LogP contribution in [-0.4, -0.2) is 60.0 Å². The molecule has 2 atom stereocenters. The number of hydrogen-bond acceptors (Lipinski definition) is 7. The van der Waals surface area contributed by atoms with Gasteiger partial charge in [-0.2, -0.15) is 0 Å². The maximum atomic E-state index is 13.7. The lowest BCUT2D eigenvalue weighted by atomic mass is 9.79. The third-order valence-electron chi connectivity index (χ3n) is 6.59. The van der Waals surface area contributed by atoms with E-state index in [0.717, 1.165) is 11.1 Å². The quantitative estimate of drug-likeness (QED) is 0.260. The number of benzene rings is 1. The van der Waals surface area contributed by atoms with Gasteiger partial charge in [0.15, 0.2) is 0 Å². The van der Waals surface area contributed by atoms with E-state index in [4.69, 9.17) is 14.2 Å². The molecule has 1 aromatic rings. The minimum atomic E-state index is -1.06. The zero-order valence-corrected chi connectivity index (χ0v) is 28.3. The molecule has 0 aliphatic rings. The minimum absolute atomic E-state index is 0.0346. The van der Waals surface area contributed by atoms with Crippen molar-refractivity contribution in [2.45, 2.75) is 131 Å². The van der Waals surface area contributed by atoms with E-state index in [-0.39, 0.29) is 24.8 Å². The normalized spacial score (nSPS) is 13.7. The summed E-state index contributed by atoms with van der Waals surface area (Å²) in [5.74, 6) is -0.743. The number of methoxy groups -OCH3 is 1. The van der Waals surface area contributed by atoms with Crippen LogP contribution in [-0.2, 0) is 34.7 Å². The molecule has 0 radical (unpaired) electrons. The average Bonchev–Trinajstić information content (AvgIpc) is 2.79. The smallest absolute Gasteiger partial charge is 0.334 e. The van der Waals surface area contributed by atoms with Gasteiger partial charge in [0.25, 0.3) is 0 Å². The number of ether oxygens (including phenoxy) is 3. The molecule has 9 nitrogen and oxygen atoms in total. The molecule has 0 aliphatic carbocycles. The van der Waals surface area contributed by atoms with Gasteiger partial charge in [-0.15, -0.1) is 0 Å². The third kappa shape index (κ3) is 11.3. The zero-order valence-electron chi connectivity index (χ0n) is 28.3. The highest BCUT2D eigenvalue weighted by atomic mass is 16.6. The lowest BCUT2D eigenvalue weighted by Gasteiger charge is -2.34. The van der Waals surface area contributed by atoms with Gasteiger partial charge in [0.05, 0.1) is 7.11 Å². The van der Waals surface area contributed by atoms with Gasteiger partial charge >= 0.3 is 11.9 Å². The molecule has 0 saturated carbocycles. The highest BCUT2D eigenvalue weighted by molar-refractivity contribution is 5.86. The van der Waals surface area contributed by atoms with Crippen LogP contribution in [0.25, 0.3) is 0 Å². The number of rotatable bonds is 11. The molecule has 1 rings (SSSR count). The van der Waals surface area contributed by atoms with Crippen LogP contribution in [0, 0.1) is 5.92 Å². The standard InChI is InChI=1S/C33H54N2O7/c1-20(2)17-27(30(39)42-33(11,12)13)35(22(4)37)16-15-26(34-21(3)36)29(38)41-28-24(31(5,6)7)18-23(40-14)19-25(28)32(8,9)10/h18-20,26-27H,15-17H2,1-14H3,(H,34,36)/t26?,27-/m0/s1. The first-order chi connectivity index (χ1) is 19.0. The van der Waals surface area contributed by atoms with Crippen molar-refractivity contribution in [3.63, 3.8) is 0 Å². The summed E-state index contributed by atoms with van der Waals surface area (Å²) >= 11 is 0. The highest BCUT2D eigenvalue weighted by Crippen LogP contribution is 2.42. The first kappa shape index (κ1) is 36.9. The van der Waals surface area contributed by atoms with E-state index in [1.54, 1.807) is 27.9 Å². The Bertz CT molecular complexity index is 1090. The monoisotopic (exact) mass is 590 g/mol. The number of hydrogen-bond donors (Lipinski definition) is 1. The Morgan fingerprint density at radius 2 is 1.36 bits per heavy atom. The van der Waals surface area contributed by atoms with Crippen LogP contribution in [0.3, 0.4) is 0 Å². The number of nitrogens with one attached hydrogen (secondary N) is 1. The molecule has 0 spiro atoms. The van der Waals surface area contributed by atoms with Gasteiger partial charge in [0.1, 0.15) is 29.2 Å². The molecule has 1 aromatic carbocycles. The van der Waals surface area contributed by atoms with Gasteiger partial charge in [-0.1, -0.05) is 55.4 Å². The molecule has 2 amide bonds. The molecule has 0 heterocycles. The second-order valence-corrected chi connectivity index (χ2v) is 14.4. The molecular weight excluding hydrogens is 536 g/mol. The van der Waals surface area contributed by atoms with Crippen LogP contribution in [0.2, 0.25) is 0 Å². The molecule has 0 fully saturated rings. The van der Waals surface area contributed by atoms with Gasteiger partial charge in [-0.05, 0) is 62.5 Å². The largest absolute Gasteiger partial charge is 0.497 e. The molecule has 9 heteroatoms. The molecule has 0 saturated heterocycles. The molecule has 0 aromatic heterocycles. The third-order valence-corrected chi connectivity index (χ3v) is 6.59. The summed E-state index contributed by atoms with van der Waals surface area (Å²) < 4.78 is 17.3. The van der Waals surface area contributed by atoms with E-state index in [0.29, 0.717) is 17.9 Å². The van der Waals surface area contributed by atoms with Crippen LogP contribution < -0.4 is 14.8 Å². The first-order valence-corrected chi connectivity index (χ1v) is 14.7. The topological polar surface area (TPSA) is 111 Å². The predicted molar refractivity (Wildman–Crippen MR) is 165 cm³/mol. The van der Waals surface area contributed by atoms with E-state index in [2.05, 4.69) is 5.32 Å². The highest BCUT2D eigenvalue weighted by Gasteiger charge is 2.35. The summed E-state index contributed by atoms with van der Waals surface area (Å²) in [6.07, 6.45) is 0.431. The number of carbonyl (C=O) groups is 4. The Hall–Kier alpha value is -3.10. The fourth-order valence-electron chi connectivity index (χ4n) is 4.58. The first-order valence-electron chi connectivity index (χ1n) is 14.7. The number of amides is 2. The van der Waals surface area contributed by atoms with E-state index in [1.807, 2.05) is 67.5 Å². The fourth-order valence-corrected chi connectivity index (χ4v) is 4.58. The molecule has 42 heavy (non-hydrogen) atoms. The lowest BCUT2D eigenvalue weighted by Crippen LogP contribution is -2.50. The van der Waals surface area contributed by atoms with Crippen molar-refractivity contribution in [3.05, 3.63) is 23.3 Å². The van der Waals surface area contributed by atoms with Crippen LogP contribution >= 0.6 is 0 Å². The molecule has 0 aliphatic heterocycles. The summed E-state index contributed by atoms with van der Waals surface area (Å²) in [4.78, 5) is 53.3. The molecule has 1 unspecified atom stereocenters. The van der Waals surface area contributed by atoms with E-state index in [1.165, 1.54) is 18.7 Å². The van der Waals surface area contributed by atoms with Gasteiger partial charge < -0.3 is 24.4 Å². The summed E-state index contributed by atoms with van der Waals surface area (Å²) in [6.45, 7) is 24.1. The van der Waals surface area contributed by atoms with Crippen LogP contribution in [0.1, 0.15) is 114 Å². The maximum Gasteiger partial charge on any atom is 0.334 e. The van der Waals surface area contributed by atoms with E-state index in [9.17, 15) is 19.2 Å². The Balaban J connectivity index is 3.50. The van der Waals surface area contributed by atoms with Crippen molar-refractivity contribution < 1.29 is 33.4 Å². The molecule has 1 N–H and O–H groups in total. The summed E-state index contributed by atoms with van der Waals surface area (Å²) in [5, 5.41) is 2.69. The number of nitrogens with zero attached hydrogens (tertiary/aromatic N) is 1. The van der Waals surface area contributed by atoms with Crippen molar-refractivity contribution in [2.75, 3.05) is 13.7 Å². The van der Waals surface area contributed by atoms with Crippen molar-refractivity contribution >= 4 is 23.8 Å². The summed E-state index contributed by atoms with van der Waals surface area (Å²) in [6, 6.07) is 1.82. The van der Waals surface area contributed by atoms with Crippen LogP contribution in [0.4, 0.5) is 0 Å². The van der Waals surface area contributed by atoms with E-state index >= 15 is 0 Å².